The van der Waals surface area contributed by atoms with Gasteiger partial charge in [-0.3, -0.25) is 9.69 Å². The zero-order valence-corrected chi connectivity index (χ0v) is 12.5. The maximum atomic E-state index is 13.9. The number of ketones is 1. The minimum Gasteiger partial charge on any atom is -0.368 e. The van der Waals surface area contributed by atoms with Crippen LogP contribution in [-0.4, -0.2) is 42.9 Å². The minimum atomic E-state index is -0.417. The van der Waals surface area contributed by atoms with Gasteiger partial charge in [0, 0.05) is 32.2 Å². The molecule has 0 radical (unpaired) electrons. The monoisotopic (exact) mass is 278 g/mol. The van der Waals surface area contributed by atoms with Crippen LogP contribution in [0.3, 0.4) is 0 Å². The Labute approximate surface area is 120 Å². The van der Waals surface area contributed by atoms with Crippen LogP contribution in [0.25, 0.3) is 0 Å². The molecule has 1 aromatic carbocycles. The third-order valence-electron chi connectivity index (χ3n) is 4.21. The van der Waals surface area contributed by atoms with Crippen molar-refractivity contribution in [3.8, 4) is 0 Å². The van der Waals surface area contributed by atoms with Gasteiger partial charge in [-0.05, 0) is 32.4 Å². The molecule has 0 amide bonds. The number of anilines is 1. The number of carbonyl (C=O) groups is 1. The predicted molar refractivity (Wildman–Crippen MR) is 79.9 cm³/mol. The van der Waals surface area contributed by atoms with E-state index in [0.29, 0.717) is 6.04 Å². The average Bonchev–Trinajstić information content (AvgIpc) is 2.46. The average molecular weight is 278 g/mol. The van der Waals surface area contributed by atoms with Gasteiger partial charge < -0.3 is 4.90 Å². The quantitative estimate of drug-likeness (QED) is 0.791. The standard InChI is InChI=1S/C16H23FN2O/c1-4-12(2)18-8-10-19(11-9-18)15-7-5-6-14(17)16(15)13(3)20/h5-7,12H,4,8-11H2,1-3H3. The Hall–Kier alpha value is -1.42. The summed E-state index contributed by atoms with van der Waals surface area (Å²) in [5, 5.41) is 0. The topological polar surface area (TPSA) is 23.6 Å². The Kier molecular flexibility index (Phi) is 4.76. The van der Waals surface area contributed by atoms with Crippen LogP contribution in [0.15, 0.2) is 18.2 Å². The van der Waals surface area contributed by atoms with Gasteiger partial charge in [0.15, 0.2) is 5.78 Å². The molecule has 4 heteroatoms. The van der Waals surface area contributed by atoms with Gasteiger partial charge in [-0.1, -0.05) is 13.0 Å². The summed E-state index contributed by atoms with van der Waals surface area (Å²) in [6.45, 7) is 9.46. The highest BCUT2D eigenvalue weighted by atomic mass is 19.1. The normalized spacial score (nSPS) is 18.1. The third-order valence-corrected chi connectivity index (χ3v) is 4.21. The lowest BCUT2D eigenvalue weighted by Gasteiger charge is -2.39. The van der Waals surface area contributed by atoms with Crippen molar-refractivity contribution in [3.05, 3.63) is 29.6 Å². The lowest BCUT2D eigenvalue weighted by molar-refractivity contribution is 0.101. The van der Waals surface area contributed by atoms with E-state index >= 15 is 0 Å². The number of piperazine rings is 1. The summed E-state index contributed by atoms with van der Waals surface area (Å²) >= 11 is 0. The number of hydrogen-bond acceptors (Lipinski definition) is 3. The fourth-order valence-corrected chi connectivity index (χ4v) is 2.79. The fourth-order valence-electron chi connectivity index (χ4n) is 2.79. The number of nitrogens with zero attached hydrogens (tertiary/aromatic N) is 2. The van der Waals surface area contributed by atoms with E-state index in [-0.39, 0.29) is 11.3 Å². The predicted octanol–water partition coefficient (Wildman–Crippen LogP) is 2.95. The first-order valence-electron chi connectivity index (χ1n) is 7.33. The number of benzene rings is 1. The molecule has 0 aliphatic carbocycles. The fraction of sp³-hybridized carbons (Fsp3) is 0.562. The second kappa shape index (κ2) is 6.35. The molecule has 0 aromatic heterocycles. The van der Waals surface area contributed by atoms with Crippen molar-refractivity contribution in [2.75, 3.05) is 31.1 Å². The summed E-state index contributed by atoms with van der Waals surface area (Å²) in [6, 6.07) is 5.46. The summed E-state index contributed by atoms with van der Waals surface area (Å²) in [4.78, 5) is 16.2. The molecule has 1 heterocycles. The lowest BCUT2D eigenvalue weighted by atomic mass is 10.1. The highest BCUT2D eigenvalue weighted by Gasteiger charge is 2.23. The first kappa shape index (κ1) is 15.0. The van der Waals surface area contributed by atoms with E-state index in [1.54, 1.807) is 6.07 Å². The van der Waals surface area contributed by atoms with Crippen molar-refractivity contribution in [1.29, 1.82) is 0 Å². The van der Waals surface area contributed by atoms with E-state index in [1.807, 2.05) is 6.07 Å². The molecule has 1 aromatic rings. The van der Waals surface area contributed by atoms with Crippen LogP contribution in [0.1, 0.15) is 37.6 Å². The highest BCUT2D eigenvalue weighted by Crippen LogP contribution is 2.25. The highest BCUT2D eigenvalue weighted by molar-refractivity contribution is 6.00. The van der Waals surface area contributed by atoms with Gasteiger partial charge in [-0.15, -0.1) is 0 Å². The molecule has 0 saturated carbocycles. The van der Waals surface area contributed by atoms with Crippen LogP contribution in [0.2, 0.25) is 0 Å². The van der Waals surface area contributed by atoms with Crippen molar-refractivity contribution in [2.24, 2.45) is 0 Å². The summed E-state index contributed by atoms with van der Waals surface area (Å²) in [7, 11) is 0. The second-order valence-corrected chi connectivity index (χ2v) is 5.47. The number of rotatable bonds is 4. The van der Waals surface area contributed by atoms with Gasteiger partial charge in [-0.2, -0.15) is 0 Å². The lowest BCUT2D eigenvalue weighted by Crippen LogP contribution is -2.49. The maximum absolute atomic E-state index is 13.9. The Bertz CT molecular complexity index is 481. The number of carbonyl (C=O) groups excluding carboxylic acids is 1. The molecule has 1 unspecified atom stereocenters. The van der Waals surface area contributed by atoms with Crippen LogP contribution in [0.5, 0.6) is 0 Å². The van der Waals surface area contributed by atoms with E-state index in [0.717, 1.165) is 38.3 Å². The zero-order chi connectivity index (χ0) is 14.7. The van der Waals surface area contributed by atoms with Crippen molar-refractivity contribution in [2.45, 2.75) is 33.2 Å². The molecule has 3 nitrogen and oxygen atoms in total. The molecule has 20 heavy (non-hydrogen) atoms. The summed E-state index contributed by atoms with van der Waals surface area (Å²) in [6.07, 6.45) is 1.14. The van der Waals surface area contributed by atoms with E-state index in [2.05, 4.69) is 23.6 Å². The first-order chi connectivity index (χ1) is 9.54. The Morgan fingerprint density at radius 2 is 1.95 bits per heavy atom. The van der Waals surface area contributed by atoms with Gasteiger partial charge in [0.1, 0.15) is 5.82 Å². The van der Waals surface area contributed by atoms with Gasteiger partial charge in [0.25, 0.3) is 0 Å². The van der Waals surface area contributed by atoms with Gasteiger partial charge in [0.2, 0.25) is 0 Å². The van der Waals surface area contributed by atoms with E-state index < -0.39 is 5.82 Å². The molecular formula is C16H23FN2O. The first-order valence-corrected chi connectivity index (χ1v) is 7.33. The third kappa shape index (κ3) is 3.01. The molecule has 110 valence electrons. The van der Waals surface area contributed by atoms with Crippen molar-refractivity contribution >= 4 is 11.5 Å². The van der Waals surface area contributed by atoms with E-state index in [4.69, 9.17) is 0 Å². The van der Waals surface area contributed by atoms with Crippen molar-refractivity contribution < 1.29 is 9.18 Å². The summed E-state index contributed by atoms with van der Waals surface area (Å²) in [5.41, 5.74) is 0.964. The molecule has 1 saturated heterocycles. The second-order valence-electron chi connectivity index (χ2n) is 5.47. The molecule has 1 aliphatic rings. The van der Waals surface area contributed by atoms with Crippen LogP contribution in [0, 0.1) is 5.82 Å². The Morgan fingerprint density at radius 1 is 1.30 bits per heavy atom. The molecule has 2 rings (SSSR count). The van der Waals surface area contributed by atoms with E-state index in [9.17, 15) is 9.18 Å². The minimum absolute atomic E-state index is 0.206. The molecule has 1 aliphatic heterocycles. The number of hydrogen-bond donors (Lipinski definition) is 0. The van der Waals surface area contributed by atoms with Crippen LogP contribution >= 0.6 is 0 Å². The molecule has 0 spiro atoms. The summed E-state index contributed by atoms with van der Waals surface area (Å²) < 4.78 is 13.9. The zero-order valence-electron chi connectivity index (χ0n) is 12.5. The number of halogens is 1. The van der Waals surface area contributed by atoms with Crippen molar-refractivity contribution in [1.82, 2.24) is 4.90 Å². The smallest absolute Gasteiger partial charge is 0.164 e. The number of Topliss-reactive ketones (excluding diaryl/α,β-unsaturated/α-hetero) is 1. The van der Waals surface area contributed by atoms with E-state index in [1.165, 1.54) is 13.0 Å². The van der Waals surface area contributed by atoms with Gasteiger partial charge in [0.05, 0.1) is 11.3 Å². The maximum Gasteiger partial charge on any atom is 0.164 e. The molecule has 1 atom stereocenters. The van der Waals surface area contributed by atoms with Crippen LogP contribution in [0.4, 0.5) is 10.1 Å². The van der Waals surface area contributed by atoms with Gasteiger partial charge >= 0.3 is 0 Å². The Morgan fingerprint density at radius 3 is 2.50 bits per heavy atom. The van der Waals surface area contributed by atoms with Crippen molar-refractivity contribution in [3.63, 3.8) is 0 Å². The molecule has 0 N–H and O–H groups in total. The molecule has 0 bridgehead atoms. The summed E-state index contributed by atoms with van der Waals surface area (Å²) in [5.74, 6) is -0.623. The largest absolute Gasteiger partial charge is 0.368 e. The van der Waals surface area contributed by atoms with Gasteiger partial charge in [-0.25, -0.2) is 4.39 Å². The van der Waals surface area contributed by atoms with Crippen LogP contribution < -0.4 is 4.90 Å². The Balaban J connectivity index is 2.15. The SMILES string of the molecule is CCC(C)N1CCN(c2cccc(F)c2C(C)=O)CC1. The molecule has 1 fully saturated rings. The molecular weight excluding hydrogens is 255 g/mol. The van der Waals surface area contributed by atoms with Crippen LogP contribution in [-0.2, 0) is 0 Å².